The van der Waals surface area contributed by atoms with E-state index >= 15 is 4.39 Å². The third-order valence-electron chi connectivity index (χ3n) is 6.43. The van der Waals surface area contributed by atoms with Crippen LogP contribution in [-0.4, -0.2) is 80.3 Å². The topological polar surface area (TPSA) is 90.5 Å². The first-order valence-electron chi connectivity index (χ1n) is 12.1. The molecular weight excluding hydrogens is 505 g/mol. The Morgan fingerprint density at radius 3 is 2.42 bits per heavy atom. The fourth-order valence-electron chi connectivity index (χ4n) is 4.38. The number of hydrazine groups is 1. The molecule has 0 saturated carbocycles. The number of rotatable bonds is 8. The summed E-state index contributed by atoms with van der Waals surface area (Å²) in [7, 11) is 2.02. The molecule has 4 rings (SSSR count). The number of carbonyl (C=O) groups is 2. The first kappa shape index (κ1) is 28.8. The third-order valence-corrected chi connectivity index (χ3v) is 6.43. The molecule has 0 N–H and O–H groups in total. The Morgan fingerprint density at radius 1 is 1.08 bits per heavy atom. The van der Waals surface area contributed by atoms with Crippen molar-refractivity contribution in [2.45, 2.75) is 31.9 Å². The van der Waals surface area contributed by atoms with Crippen molar-refractivity contribution in [3.05, 3.63) is 59.9 Å². The third kappa shape index (κ3) is 7.64. The van der Waals surface area contributed by atoms with Gasteiger partial charge in [0.1, 0.15) is 11.9 Å². The van der Waals surface area contributed by atoms with Crippen molar-refractivity contribution in [2.75, 3.05) is 49.6 Å². The number of cyclic esters (lactones) is 1. The number of Topliss-reactive ketones (excluding diaryl/α,β-unsaturated/α-hetero) is 1. The predicted octanol–water partition coefficient (Wildman–Crippen LogP) is 3.35. The van der Waals surface area contributed by atoms with Crippen LogP contribution in [0.15, 0.2) is 48.5 Å². The highest BCUT2D eigenvalue weighted by molar-refractivity contribution is 5.90. The zero-order valence-electron chi connectivity index (χ0n) is 20.9. The number of amides is 1. The van der Waals surface area contributed by atoms with E-state index in [1.54, 1.807) is 12.1 Å². The maximum Gasteiger partial charge on any atom is 0.414 e. The second-order valence-electron chi connectivity index (χ2n) is 8.88. The summed E-state index contributed by atoms with van der Waals surface area (Å²) >= 11 is 0. The first-order valence-corrected chi connectivity index (χ1v) is 12.1. The maximum atomic E-state index is 15.2. The number of hydrogen-bond acceptors (Lipinski definition) is 8. The minimum atomic E-state index is -3.03. The summed E-state index contributed by atoms with van der Waals surface area (Å²) in [4.78, 5) is 42.9. The number of alkyl halides is 2. The molecule has 2 fully saturated rings. The van der Waals surface area contributed by atoms with Crippen LogP contribution in [0.4, 0.5) is 29.3 Å². The van der Waals surface area contributed by atoms with Crippen molar-refractivity contribution < 1.29 is 37.1 Å². The predicted molar refractivity (Wildman–Crippen MR) is 131 cm³/mol. The van der Waals surface area contributed by atoms with Crippen molar-refractivity contribution in [3.8, 4) is 0 Å². The molecule has 0 spiro atoms. The molecule has 0 bridgehead atoms. The van der Waals surface area contributed by atoms with Crippen molar-refractivity contribution in [1.29, 1.82) is 0 Å². The molecular formula is C26H29F3N4O5. The van der Waals surface area contributed by atoms with Gasteiger partial charge in [-0.15, -0.1) is 0 Å². The zero-order chi connectivity index (χ0) is 27.7. The van der Waals surface area contributed by atoms with Gasteiger partial charge in [0.05, 0.1) is 17.9 Å². The van der Waals surface area contributed by atoms with Crippen molar-refractivity contribution in [3.63, 3.8) is 0 Å². The quantitative estimate of drug-likeness (QED) is 0.510. The van der Waals surface area contributed by atoms with Gasteiger partial charge in [0.25, 0.3) is 6.43 Å². The van der Waals surface area contributed by atoms with Gasteiger partial charge in [-0.2, -0.15) is 9.59 Å². The zero-order valence-corrected chi connectivity index (χ0v) is 20.9. The Hall–Kier alpha value is -3.73. The molecule has 2 saturated heterocycles. The van der Waals surface area contributed by atoms with Crippen LogP contribution in [0.5, 0.6) is 0 Å². The van der Waals surface area contributed by atoms with E-state index in [2.05, 4.69) is 22.2 Å². The van der Waals surface area contributed by atoms with Gasteiger partial charge in [0, 0.05) is 46.2 Å². The number of ketones is 1. The summed E-state index contributed by atoms with van der Waals surface area (Å²) in [6.45, 7) is 3.59. The highest BCUT2D eigenvalue weighted by Crippen LogP contribution is 2.29. The van der Waals surface area contributed by atoms with Gasteiger partial charge in [0.15, 0.2) is 5.78 Å². The Morgan fingerprint density at radius 2 is 1.76 bits per heavy atom. The summed E-state index contributed by atoms with van der Waals surface area (Å²) < 4.78 is 45.1. The van der Waals surface area contributed by atoms with Crippen molar-refractivity contribution >= 4 is 29.4 Å². The molecule has 2 aliphatic rings. The Kier molecular flexibility index (Phi) is 10.4. The number of halogens is 3. The van der Waals surface area contributed by atoms with Crippen LogP contribution in [0.25, 0.3) is 0 Å². The number of nitrogens with zero attached hydrogens (tertiary/aromatic N) is 4. The smallest absolute Gasteiger partial charge is 0.414 e. The van der Waals surface area contributed by atoms with Crippen LogP contribution >= 0.6 is 0 Å². The summed E-state index contributed by atoms with van der Waals surface area (Å²) in [6.07, 6.45) is -4.52. The fourth-order valence-corrected chi connectivity index (χ4v) is 4.38. The molecule has 38 heavy (non-hydrogen) atoms. The van der Waals surface area contributed by atoms with E-state index in [-0.39, 0.29) is 25.5 Å². The summed E-state index contributed by atoms with van der Waals surface area (Å²) in [5.41, 5.74) is 1.99. The Bertz CT molecular complexity index is 1130. The van der Waals surface area contributed by atoms with E-state index in [4.69, 9.17) is 14.3 Å². The Labute approximate surface area is 218 Å². The van der Waals surface area contributed by atoms with Crippen LogP contribution < -0.4 is 9.80 Å². The fraction of sp³-hybridized carbons (Fsp3) is 0.423. The first-order chi connectivity index (χ1) is 18.2. The van der Waals surface area contributed by atoms with E-state index < -0.39 is 30.2 Å². The second kappa shape index (κ2) is 13.7. The lowest BCUT2D eigenvalue weighted by Crippen LogP contribution is -2.40. The molecule has 1 amide bonds. The molecule has 2 aliphatic heterocycles. The number of likely N-dealkylation sites (N-methyl/N-ethyl adjacent to an activating group) is 1. The molecule has 0 aliphatic carbocycles. The highest BCUT2D eigenvalue weighted by atomic mass is 19.3. The summed E-state index contributed by atoms with van der Waals surface area (Å²) in [5, 5.41) is 4.39. The maximum absolute atomic E-state index is 15.2. The number of ether oxygens (including phenoxy) is 1. The number of hydrogen-bond donors (Lipinski definition) is 0. The van der Waals surface area contributed by atoms with Gasteiger partial charge < -0.3 is 9.64 Å². The molecule has 9 nitrogen and oxygen atoms in total. The van der Waals surface area contributed by atoms with E-state index in [1.165, 1.54) is 16.5 Å². The van der Waals surface area contributed by atoms with Crippen LogP contribution in [0.2, 0.25) is 0 Å². The highest BCUT2D eigenvalue weighted by Gasteiger charge is 2.33. The molecule has 1 atom stereocenters. The number of benzene rings is 2. The number of anilines is 2. The van der Waals surface area contributed by atoms with Gasteiger partial charge in [-0.1, -0.05) is 30.3 Å². The molecule has 2 aromatic carbocycles. The minimum Gasteiger partial charge on any atom is -0.444 e. The monoisotopic (exact) mass is 534 g/mol. The van der Waals surface area contributed by atoms with E-state index in [0.29, 0.717) is 24.5 Å². The second-order valence-corrected chi connectivity index (χ2v) is 8.88. The van der Waals surface area contributed by atoms with Gasteiger partial charge in [-0.05, 0) is 30.2 Å². The van der Waals surface area contributed by atoms with Gasteiger partial charge >= 0.3 is 12.2 Å². The van der Waals surface area contributed by atoms with Crippen molar-refractivity contribution in [1.82, 2.24) is 10.0 Å². The van der Waals surface area contributed by atoms with Gasteiger partial charge in [-0.3, -0.25) is 9.69 Å². The summed E-state index contributed by atoms with van der Waals surface area (Å²) in [5.74, 6) is -1.63. The number of carbonyl (C=O) groups excluding carboxylic acids is 4. The standard InChI is InChI=1S/C25H29F3N4O3.CO2/c1-29-11-12-30(13-14-31(29)16-18-5-3-2-4-6-18)22-9-7-19(15-21(22)26)32-17-20(35-25(32)34)8-10-23(33)24(27)28;2-1-3/h2-7,9,15,20,24H,8,10-14,16-17H2,1H3;/t20-;/m0./s1. The molecule has 0 radical (unpaired) electrons. The summed E-state index contributed by atoms with van der Waals surface area (Å²) in [6, 6.07) is 14.8. The largest absolute Gasteiger partial charge is 0.444 e. The molecule has 0 unspecified atom stereocenters. The molecule has 2 heterocycles. The Balaban J connectivity index is 0.00000127. The van der Waals surface area contributed by atoms with Crippen LogP contribution in [0.3, 0.4) is 0 Å². The lowest BCUT2D eigenvalue weighted by Gasteiger charge is -2.29. The lowest BCUT2D eigenvalue weighted by molar-refractivity contribution is -0.191. The van der Waals surface area contributed by atoms with E-state index in [1.807, 2.05) is 30.1 Å². The van der Waals surface area contributed by atoms with E-state index in [9.17, 15) is 18.4 Å². The van der Waals surface area contributed by atoms with Crippen molar-refractivity contribution in [2.24, 2.45) is 0 Å². The molecule has 12 heteroatoms. The van der Waals surface area contributed by atoms with E-state index in [0.717, 1.165) is 19.6 Å². The lowest BCUT2D eigenvalue weighted by atomic mass is 10.1. The van der Waals surface area contributed by atoms with Gasteiger partial charge in [-0.25, -0.2) is 28.0 Å². The molecule has 0 aromatic heterocycles. The normalized spacial score (nSPS) is 18.4. The average Bonchev–Trinajstić information content (AvgIpc) is 3.18. The minimum absolute atomic E-state index is 0.00670. The molecule has 204 valence electrons. The van der Waals surface area contributed by atoms with Crippen LogP contribution in [0, 0.1) is 5.82 Å². The van der Waals surface area contributed by atoms with Crippen LogP contribution in [0.1, 0.15) is 18.4 Å². The van der Waals surface area contributed by atoms with Crippen LogP contribution in [-0.2, 0) is 25.7 Å². The SMILES string of the molecule is CN1CCN(c2ccc(N3C[C@H](CCC(=O)C(F)F)OC3=O)cc2F)CCN1Cc1ccccc1.O=C=O. The molecule has 2 aromatic rings. The average molecular weight is 535 g/mol. The van der Waals surface area contributed by atoms with Gasteiger partial charge in [0.2, 0.25) is 0 Å².